The molecule has 0 fully saturated rings. The quantitative estimate of drug-likeness (QED) is 0.0631. The van der Waals surface area contributed by atoms with Crippen molar-refractivity contribution in [3.63, 3.8) is 0 Å². The number of quaternary nitrogens is 1. The predicted octanol–water partition coefficient (Wildman–Crippen LogP) is 9.50. The Morgan fingerprint density at radius 3 is 1.90 bits per heavy atom. The Kier molecular flexibility index (Phi) is 16.7. The third kappa shape index (κ3) is 14.3. The standard InChI is InChI=1S/C36H58NO3/c1-6-8-9-10-11-12-13-14-15-16-17-21-26-34-27-22-23-28-35(34)39-31(3)40-36(38)33(7-2)30-37(4,5)29-32-24-19-18-20-25-32/h18-20,22-25,27-28,31,33H,6-17,21,26,29-30H2,1-5H3/q+1. The average Bonchev–Trinajstić information content (AvgIpc) is 2.93. The Morgan fingerprint density at radius 1 is 0.750 bits per heavy atom. The van der Waals surface area contributed by atoms with Crippen molar-refractivity contribution < 1.29 is 18.8 Å². The van der Waals surface area contributed by atoms with Crippen LogP contribution < -0.4 is 4.74 Å². The summed E-state index contributed by atoms with van der Waals surface area (Å²) in [6.07, 6.45) is 17.3. The summed E-state index contributed by atoms with van der Waals surface area (Å²) in [6.45, 7) is 7.77. The summed E-state index contributed by atoms with van der Waals surface area (Å²) >= 11 is 0. The molecule has 4 heteroatoms. The van der Waals surface area contributed by atoms with Gasteiger partial charge in [-0.1, -0.05) is 133 Å². The number of esters is 1. The zero-order valence-corrected chi connectivity index (χ0v) is 26.3. The van der Waals surface area contributed by atoms with Gasteiger partial charge in [0.25, 0.3) is 0 Å². The van der Waals surface area contributed by atoms with Crippen LogP contribution in [0.25, 0.3) is 0 Å². The van der Waals surface area contributed by atoms with Crippen LogP contribution in [-0.4, -0.2) is 37.4 Å². The Morgan fingerprint density at radius 2 is 1.30 bits per heavy atom. The topological polar surface area (TPSA) is 35.5 Å². The molecule has 0 aliphatic heterocycles. The molecule has 2 unspecified atom stereocenters. The molecule has 0 spiro atoms. The Bertz CT molecular complexity index is 927. The number of benzene rings is 2. The van der Waals surface area contributed by atoms with Gasteiger partial charge in [0.15, 0.2) is 0 Å². The van der Waals surface area contributed by atoms with Crippen molar-refractivity contribution in [3.8, 4) is 5.75 Å². The molecule has 0 amide bonds. The summed E-state index contributed by atoms with van der Waals surface area (Å²) in [6, 6.07) is 18.7. The highest BCUT2D eigenvalue weighted by Crippen LogP contribution is 2.23. The maximum absolute atomic E-state index is 13.1. The largest absolute Gasteiger partial charge is 0.455 e. The number of unbranched alkanes of at least 4 members (excludes halogenated alkanes) is 11. The first-order chi connectivity index (χ1) is 19.3. The Labute approximate surface area is 246 Å². The van der Waals surface area contributed by atoms with Crippen LogP contribution in [0.2, 0.25) is 0 Å². The van der Waals surface area contributed by atoms with Crippen molar-refractivity contribution >= 4 is 5.97 Å². The number of nitrogens with zero attached hydrogens (tertiary/aromatic N) is 1. The van der Waals surface area contributed by atoms with Gasteiger partial charge in [-0.3, -0.25) is 4.79 Å². The number of carbonyl (C=O) groups excluding carboxylic acids is 1. The molecule has 224 valence electrons. The highest BCUT2D eigenvalue weighted by molar-refractivity contribution is 5.72. The number of aryl methyl sites for hydroxylation is 1. The molecule has 0 bridgehead atoms. The van der Waals surface area contributed by atoms with E-state index in [4.69, 9.17) is 9.47 Å². The van der Waals surface area contributed by atoms with Crippen LogP contribution in [0, 0.1) is 5.92 Å². The van der Waals surface area contributed by atoms with Crippen LogP contribution in [0.4, 0.5) is 0 Å². The van der Waals surface area contributed by atoms with Gasteiger partial charge in [-0.2, -0.15) is 0 Å². The van der Waals surface area contributed by atoms with E-state index in [0.717, 1.165) is 42.6 Å². The number of ether oxygens (including phenoxy) is 2. The van der Waals surface area contributed by atoms with E-state index in [1.807, 2.05) is 25.1 Å². The van der Waals surface area contributed by atoms with Crippen LogP contribution in [0.1, 0.15) is 115 Å². The fraction of sp³-hybridized carbons (Fsp3) is 0.639. The minimum absolute atomic E-state index is 0.166. The smallest absolute Gasteiger partial charge is 0.317 e. The van der Waals surface area contributed by atoms with Crippen molar-refractivity contribution in [2.75, 3.05) is 20.6 Å². The molecule has 0 N–H and O–H groups in total. The van der Waals surface area contributed by atoms with Crippen molar-refractivity contribution in [1.82, 2.24) is 0 Å². The fourth-order valence-corrected chi connectivity index (χ4v) is 5.55. The second-order valence-electron chi connectivity index (χ2n) is 12.2. The van der Waals surface area contributed by atoms with Gasteiger partial charge in [0, 0.05) is 12.5 Å². The summed E-state index contributed by atoms with van der Waals surface area (Å²) in [4.78, 5) is 13.1. The zero-order valence-electron chi connectivity index (χ0n) is 26.3. The number of rotatable bonds is 22. The minimum atomic E-state index is -0.616. The molecule has 0 aliphatic carbocycles. The molecule has 4 nitrogen and oxygen atoms in total. The lowest BCUT2D eigenvalue weighted by molar-refractivity contribution is -0.906. The third-order valence-corrected chi connectivity index (χ3v) is 7.84. The number of hydrogen-bond acceptors (Lipinski definition) is 3. The molecular weight excluding hydrogens is 494 g/mol. The third-order valence-electron chi connectivity index (χ3n) is 7.84. The molecule has 2 aromatic carbocycles. The van der Waals surface area contributed by atoms with Gasteiger partial charge in [0.05, 0.1) is 20.6 Å². The molecule has 0 saturated heterocycles. The first kappa shape index (κ1) is 33.9. The minimum Gasteiger partial charge on any atom is -0.455 e. The molecule has 2 atom stereocenters. The Balaban J connectivity index is 1.71. The maximum atomic E-state index is 13.1. The van der Waals surface area contributed by atoms with Crippen LogP contribution in [0.15, 0.2) is 54.6 Å². The first-order valence-corrected chi connectivity index (χ1v) is 16.2. The molecule has 40 heavy (non-hydrogen) atoms. The average molecular weight is 553 g/mol. The predicted molar refractivity (Wildman–Crippen MR) is 168 cm³/mol. The molecule has 0 saturated carbocycles. The van der Waals surface area contributed by atoms with Gasteiger partial charge in [-0.05, 0) is 30.9 Å². The summed E-state index contributed by atoms with van der Waals surface area (Å²) in [7, 11) is 4.35. The van der Waals surface area contributed by atoms with Crippen molar-refractivity contribution in [1.29, 1.82) is 0 Å². The van der Waals surface area contributed by atoms with Crippen molar-refractivity contribution in [2.24, 2.45) is 5.92 Å². The lowest BCUT2D eigenvalue weighted by Crippen LogP contribution is -2.45. The summed E-state index contributed by atoms with van der Waals surface area (Å²) in [5.74, 6) is 0.493. The van der Waals surface area contributed by atoms with Crippen LogP contribution in [0.3, 0.4) is 0 Å². The van der Waals surface area contributed by atoms with Gasteiger partial charge in [-0.25, -0.2) is 0 Å². The highest BCUT2D eigenvalue weighted by Gasteiger charge is 2.29. The number of para-hydroxylation sites is 1. The van der Waals surface area contributed by atoms with Gasteiger partial charge in [0.1, 0.15) is 18.2 Å². The summed E-state index contributed by atoms with van der Waals surface area (Å²) < 4.78 is 12.7. The molecule has 2 aromatic rings. The zero-order chi connectivity index (χ0) is 29.1. The highest BCUT2D eigenvalue weighted by atomic mass is 16.7. The van der Waals surface area contributed by atoms with Gasteiger partial charge < -0.3 is 14.0 Å². The van der Waals surface area contributed by atoms with Crippen LogP contribution in [0.5, 0.6) is 5.75 Å². The van der Waals surface area contributed by atoms with Crippen LogP contribution in [-0.2, 0) is 22.5 Å². The number of carbonyl (C=O) groups is 1. The molecule has 2 rings (SSSR count). The lowest BCUT2D eigenvalue weighted by atomic mass is 10.0. The molecule has 0 radical (unpaired) electrons. The van der Waals surface area contributed by atoms with Gasteiger partial charge in [0.2, 0.25) is 6.29 Å². The number of hydrogen-bond donors (Lipinski definition) is 0. The van der Waals surface area contributed by atoms with E-state index in [2.05, 4.69) is 64.3 Å². The van der Waals surface area contributed by atoms with Gasteiger partial charge in [-0.15, -0.1) is 0 Å². The van der Waals surface area contributed by atoms with Gasteiger partial charge >= 0.3 is 5.97 Å². The first-order valence-electron chi connectivity index (χ1n) is 16.2. The fourth-order valence-electron chi connectivity index (χ4n) is 5.55. The van der Waals surface area contributed by atoms with E-state index in [-0.39, 0.29) is 11.9 Å². The molecule has 0 aromatic heterocycles. The summed E-state index contributed by atoms with van der Waals surface area (Å²) in [5, 5.41) is 0. The monoisotopic (exact) mass is 552 g/mol. The molecule has 0 heterocycles. The van der Waals surface area contributed by atoms with E-state index in [1.54, 1.807) is 0 Å². The second kappa shape index (κ2) is 19.7. The normalized spacial score (nSPS) is 13.1. The summed E-state index contributed by atoms with van der Waals surface area (Å²) in [5.41, 5.74) is 2.47. The SMILES string of the molecule is CCCCCCCCCCCCCCc1ccccc1OC(C)OC(=O)C(CC)C[N+](C)(C)Cc1ccccc1. The van der Waals surface area contributed by atoms with Crippen molar-refractivity contribution in [2.45, 2.75) is 123 Å². The molecule has 0 aliphatic rings. The maximum Gasteiger partial charge on any atom is 0.317 e. The Hall–Kier alpha value is -2.33. The van der Waals surface area contributed by atoms with Crippen LogP contribution >= 0.6 is 0 Å². The van der Waals surface area contributed by atoms with E-state index >= 15 is 0 Å². The lowest BCUT2D eigenvalue weighted by Gasteiger charge is -2.33. The second-order valence-corrected chi connectivity index (χ2v) is 12.2. The van der Waals surface area contributed by atoms with E-state index in [1.165, 1.54) is 81.8 Å². The molecular formula is C36H58NO3+. The van der Waals surface area contributed by atoms with Crippen molar-refractivity contribution in [3.05, 3.63) is 65.7 Å². The van der Waals surface area contributed by atoms with E-state index in [9.17, 15) is 4.79 Å². The van der Waals surface area contributed by atoms with E-state index in [0.29, 0.717) is 0 Å². The van der Waals surface area contributed by atoms with E-state index < -0.39 is 6.29 Å².